The summed E-state index contributed by atoms with van der Waals surface area (Å²) in [6, 6.07) is 0.776. The standard InChI is InChI=1S/C21H33N5O2S/c27-19-15-25(12-11-22-19)14-18-13-23-20(29-18)24-21(28)26(16-7-3-1-4-8-16)17-9-5-2-6-10-17/h13,16-17H,1-12,14-15H2,(H,22,27)(H,23,24,28). The first-order chi connectivity index (χ1) is 14.2. The molecule has 3 aliphatic rings. The van der Waals surface area contributed by atoms with E-state index in [-0.39, 0.29) is 11.9 Å². The number of carbonyl (C=O) groups is 2. The van der Waals surface area contributed by atoms with Gasteiger partial charge in [-0.1, -0.05) is 38.5 Å². The molecule has 0 aromatic carbocycles. The highest BCUT2D eigenvalue weighted by Gasteiger charge is 2.32. The lowest BCUT2D eigenvalue weighted by molar-refractivity contribution is -0.124. The number of hydrogen-bond donors (Lipinski definition) is 2. The lowest BCUT2D eigenvalue weighted by Crippen LogP contribution is -2.50. The van der Waals surface area contributed by atoms with Crippen LogP contribution in [0.15, 0.2) is 6.20 Å². The molecule has 0 bridgehead atoms. The molecular formula is C21H33N5O2S. The maximum absolute atomic E-state index is 13.3. The van der Waals surface area contributed by atoms with E-state index >= 15 is 0 Å². The molecule has 0 radical (unpaired) electrons. The van der Waals surface area contributed by atoms with Gasteiger partial charge >= 0.3 is 6.03 Å². The van der Waals surface area contributed by atoms with Gasteiger partial charge in [-0.25, -0.2) is 9.78 Å². The number of amides is 3. The molecule has 160 valence electrons. The van der Waals surface area contributed by atoms with Crippen molar-refractivity contribution in [2.24, 2.45) is 0 Å². The second-order valence-corrected chi connectivity index (χ2v) is 9.73. The first-order valence-corrected chi connectivity index (χ1v) is 12.0. The van der Waals surface area contributed by atoms with Crippen LogP contribution in [-0.4, -0.2) is 58.4 Å². The molecule has 0 atom stereocenters. The van der Waals surface area contributed by atoms with Gasteiger partial charge in [-0.3, -0.25) is 15.0 Å². The number of thiazole rings is 1. The predicted molar refractivity (Wildman–Crippen MR) is 115 cm³/mol. The van der Waals surface area contributed by atoms with Crippen molar-refractivity contribution in [1.29, 1.82) is 0 Å². The van der Waals surface area contributed by atoms with E-state index in [0.29, 0.717) is 36.8 Å². The first kappa shape index (κ1) is 20.6. The van der Waals surface area contributed by atoms with Gasteiger partial charge in [-0.05, 0) is 25.7 Å². The number of hydrogen-bond acceptors (Lipinski definition) is 5. The quantitative estimate of drug-likeness (QED) is 0.765. The van der Waals surface area contributed by atoms with Crippen LogP contribution >= 0.6 is 11.3 Å². The summed E-state index contributed by atoms with van der Waals surface area (Å²) in [6.07, 6.45) is 13.8. The molecule has 1 saturated heterocycles. The van der Waals surface area contributed by atoms with Crippen molar-refractivity contribution in [3.8, 4) is 0 Å². The normalized spacial score (nSPS) is 22.3. The zero-order valence-corrected chi connectivity index (χ0v) is 18.0. The number of anilines is 1. The number of urea groups is 1. The molecule has 7 nitrogen and oxygen atoms in total. The Hall–Kier alpha value is -1.67. The Morgan fingerprint density at radius 1 is 1.14 bits per heavy atom. The summed E-state index contributed by atoms with van der Waals surface area (Å²) in [4.78, 5) is 34.7. The summed E-state index contributed by atoms with van der Waals surface area (Å²) < 4.78 is 0. The molecule has 2 aliphatic carbocycles. The highest BCUT2D eigenvalue weighted by Crippen LogP contribution is 2.31. The second-order valence-electron chi connectivity index (χ2n) is 8.61. The summed E-state index contributed by atoms with van der Waals surface area (Å²) in [6.45, 7) is 2.67. The minimum Gasteiger partial charge on any atom is -0.354 e. The van der Waals surface area contributed by atoms with E-state index in [0.717, 1.165) is 37.1 Å². The Kier molecular flexibility index (Phi) is 7.02. The van der Waals surface area contributed by atoms with Gasteiger partial charge in [0.05, 0.1) is 6.54 Å². The van der Waals surface area contributed by atoms with Crippen LogP contribution in [0.4, 0.5) is 9.93 Å². The molecule has 2 N–H and O–H groups in total. The van der Waals surface area contributed by atoms with E-state index < -0.39 is 0 Å². The lowest BCUT2D eigenvalue weighted by Gasteiger charge is -2.41. The molecule has 1 aromatic heterocycles. The van der Waals surface area contributed by atoms with Crippen molar-refractivity contribution in [2.45, 2.75) is 82.8 Å². The maximum Gasteiger partial charge on any atom is 0.324 e. The van der Waals surface area contributed by atoms with Crippen LogP contribution in [0, 0.1) is 0 Å². The molecule has 3 fully saturated rings. The Bertz CT molecular complexity index is 679. The molecule has 29 heavy (non-hydrogen) atoms. The van der Waals surface area contributed by atoms with Crippen molar-refractivity contribution >= 4 is 28.4 Å². The molecule has 0 unspecified atom stereocenters. The average Bonchev–Trinajstić information content (AvgIpc) is 3.16. The summed E-state index contributed by atoms with van der Waals surface area (Å²) in [5, 5.41) is 6.62. The van der Waals surface area contributed by atoms with Gasteiger partial charge in [-0.2, -0.15) is 0 Å². The van der Waals surface area contributed by atoms with Crippen LogP contribution in [0.25, 0.3) is 0 Å². The molecule has 1 aromatic rings. The Morgan fingerprint density at radius 2 is 1.79 bits per heavy atom. The van der Waals surface area contributed by atoms with Crippen LogP contribution in [-0.2, 0) is 11.3 Å². The monoisotopic (exact) mass is 419 g/mol. The molecule has 2 saturated carbocycles. The zero-order chi connectivity index (χ0) is 20.1. The summed E-state index contributed by atoms with van der Waals surface area (Å²) in [5.41, 5.74) is 0. The van der Waals surface area contributed by atoms with E-state index in [1.165, 1.54) is 49.9 Å². The molecular weight excluding hydrogens is 386 g/mol. The second kappa shape index (κ2) is 9.89. The summed E-state index contributed by atoms with van der Waals surface area (Å²) >= 11 is 1.52. The highest BCUT2D eigenvalue weighted by molar-refractivity contribution is 7.15. The number of nitrogens with one attached hydrogen (secondary N) is 2. The van der Waals surface area contributed by atoms with Gasteiger partial charge in [0.15, 0.2) is 5.13 Å². The maximum atomic E-state index is 13.3. The van der Waals surface area contributed by atoms with Crippen molar-refractivity contribution < 1.29 is 9.59 Å². The van der Waals surface area contributed by atoms with E-state index in [4.69, 9.17) is 0 Å². The fraction of sp³-hybridized carbons (Fsp3) is 0.762. The van der Waals surface area contributed by atoms with Gasteiger partial charge < -0.3 is 10.2 Å². The zero-order valence-electron chi connectivity index (χ0n) is 17.2. The molecule has 4 rings (SSSR count). The number of carbonyl (C=O) groups excluding carboxylic acids is 2. The van der Waals surface area contributed by atoms with Crippen LogP contribution < -0.4 is 10.6 Å². The third-order valence-corrected chi connectivity index (χ3v) is 7.33. The highest BCUT2D eigenvalue weighted by atomic mass is 32.1. The average molecular weight is 420 g/mol. The van der Waals surface area contributed by atoms with Crippen LogP contribution in [0.1, 0.15) is 69.1 Å². The summed E-state index contributed by atoms with van der Waals surface area (Å²) in [7, 11) is 0. The molecule has 0 spiro atoms. The fourth-order valence-electron chi connectivity index (χ4n) is 4.99. The predicted octanol–water partition coefficient (Wildman–Crippen LogP) is 3.57. The van der Waals surface area contributed by atoms with Gasteiger partial charge in [0.1, 0.15) is 0 Å². The van der Waals surface area contributed by atoms with Crippen LogP contribution in [0.5, 0.6) is 0 Å². The van der Waals surface area contributed by atoms with Crippen molar-refractivity contribution in [2.75, 3.05) is 25.0 Å². The SMILES string of the molecule is O=C1CN(Cc2cnc(NC(=O)N(C3CCCCC3)C3CCCCC3)s2)CCN1. The minimum absolute atomic E-state index is 0.0297. The van der Waals surface area contributed by atoms with Crippen LogP contribution in [0.2, 0.25) is 0 Å². The van der Waals surface area contributed by atoms with E-state index in [1.807, 2.05) is 6.20 Å². The Morgan fingerprint density at radius 3 is 2.41 bits per heavy atom. The fourth-order valence-corrected chi connectivity index (χ4v) is 5.83. The third kappa shape index (κ3) is 5.48. The third-order valence-electron chi connectivity index (χ3n) is 6.43. The van der Waals surface area contributed by atoms with Gasteiger partial charge in [0.25, 0.3) is 0 Å². The molecule has 2 heterocycles. The number of piperazine rings is 1. The smallest absolute Gasteiger partial charge is 0.324 e. The molecule has 1 aliphatic heterocycles. The van der Waals surface area contributed by atoms with Gasteiger partial charge in [0, 0.05) is 42.8 Å². The number of nitrogens with zero attached hydrogens (tertiary/aromatic N) is 3. The van der Waals surface area contributed by atoms with Crippen molar-refractivity contribution in [3.63, 3.8) is 0 Å². The van der Waals surface area contributed by atoms with E-state index in [1.54, 1.807) is 0 Å². The van der Waals surface area contributed by atoms with Crippen molar-refractivity contribution in [1.82, 2.24) is 20.1 Å². The van der Waals surface area contributed by atoms with Gasteiger partial charge in [0.2, 0.25) is 5.91 Å². The first-order valence-electron chi connectivity index (χ1n) is 11.2. The largest absolute Gasteiger partial charge is 0.354 e. The Labute approximate surface area is 177 Å². The summed E-state index contributed by atoms with van der Waals surface area (Å²) in [5.74, 6) is 0.0740. The molecule has 8 heteroatoms. The Balaban J connectivity index is 1.39. The van der Waals surface area contributed by atoms with E-state index in [9.17, 15) is 9.59 Å². The topological polar surface area (TPSA) is 77.6 Å². The number of aromatic nitrogens is 1. The van der Waals surface area contributed by atoms with Crippen LogP contribution in [0.3, 0.4) is 0 Å². The van der Waals surface area contributed by atoms with E-state index in [2.05, 4.69) is 25.4 Å². The minimum atomic E-state index is 0.0297. The van der Waals surface area contributed by atoms with Crippen molar-refractivity contribution in [3.05, 3.63) is 11.1 Å². The number of rotatable bonds is 5. The lowest BCUT2D eigenvalue weighted by atomic mass is 9.89. The van der Waals surface area contributed by atoms with Gasteiger partial charge in [-0.15, -0.1) is 11.3 Å². The molecule has 3 amide bonds.